The van der Waals surface area contributed by atoms with Crippen LogP contribution in [0.3, 0.4) is 0 Å². The third kappa shape index (κ3) is 2.15. The maximum atomic E-state index is 11.4. The van der Waals surface area contributed by atoms with Crippen LogP contribution in [0.15, 0.2) is 22.8 Å². The zero-order valence-corrected chi connectivity index (χ0v) is 9.98. The van der Waals surface area contributed by atoms with Gasteiger partial charge in [-0.2, -0.15) is 0 Å². The molecule has 0 bridgehead atoms. The summed E-state index contributed by atoms with van der Waals surface area (Å²) in [6.07, 6.45) is 4.77. The van der Waals surface area contributed by atoms with E-state index in [0.717, 1.165) is 0 Å². The summed E-state index contributed by atoms with van der Waals surface area (Å²) < 4.78 is -0.329. The molecule has 7 heteroatoms. The van der Waals surface area contributed by atoms with Crippen molar-refractivity contribution in [2.45, 2.75) is 13.5 Å². The Labute approximate surface area is 102 Å². The summed E-state index contributed by atoms with van der Waals surface area (Å²) >= 11 is 1.32. The molecule has 0 radical (unpaired) electrons. The van der Waals surface area contributed by atoms with Crippen LogP contribution in [0, 0.1) is 0 Å². The van der Waals surface area contributed by atoms with E-state index >= 15 is 0 Å². The lowest BCUT2D eigenvalue weighted by molar-refractivity contribution is -0.815. The molecule has 1 aromatic rings. The fraction of sp³-hybridized carbons (Fsp3) is 0.200. The van der Waals surface area contributed by atoms with E-state index in [0.29, 0.717) is 10.7 Å². The first-order valence-electron chi connectivity index (χ1n) is 4.90. The SMILES string of the molecule is CC(=O)c1csc(C[N+]2(C(N)=O)C=CC=N2)n1. The Kier molecular flexibility index (Phi) is 2.86. The number of urea groups is 1. The average Bonchev–Trinajstić information content (AvgIpc) is 2.88. The van der Waals surface area contributed by atoms with Gasteiger partial charge in [0.2, 0.25) is 0 Å². The van der Waals surface area contributed by atoms with Gasteiger partial charge in [0.1, 0.15) is 11.9 Å². The van der Waals surface area contributed by atoms with Crippen LogP contribution in [0.4, 0.5) is 4.79 Å². The topological polar surface area (TPSA) is 85.4 Å². The molecule has 6 nitrogen and oxygen atoms in total. The third-order valence-corrected chi connectivity index (χ3v) is 3.20. The largest absolute Gasteiger partial charge is 0.445 e. The van der Waals surface area contributed by atoms with Crippen LogP contribution in [0.25, 0.3) is 0 Å². The van der Waals surface area contributed by atoms with E-state index in [9.17, 15) is 9.59 Å². The molecule has 1 aliphatic rings. The summed E-state index contributed by atoms with van der Waals surface area (Å²) in [5, 5.41) is 6.34. The van der Waals surface area contributed by atoms with Crippen LogP contribution >= 0.6 is 11.3 Å². The van der Waals surface area contributed by atoms with Gasteiger partial charge in [0.15, 0.2) is 17.3 Å². The number of carbonyl (C=O) groups is 2. The molecular weight excluding hydrogens is 240 g/mol. The molecule has 1 aliphatic heterocycles. The Morgan fingerprint density at radius 3 is 2.76 bits per heavy atom. The first kappa shape index (κ1) is 11.6. The number of amides is 2. The third-order valence-electron chi connectivity index (χ3n) is 2.36. The fourth-order valence-electron chi connectivity index (χ4n) is 1.43. The minimum absolute atomic E-state index is 0.0985. The molecule has 0 saturated heterocycles. The van der Waals surface area contributed by atoms with E-state index in [1.165, 1.54) is 24.5 Å². The number of nitrogens with zero attached hydrogens (tertiary/aromatic N) is 3. The maximum Gasteiger partial charge on any atom is 0.445 e. The van der Waals surface area contributed by atoms with E-state index in [1.54, 1.807) is 17.7 Å². The number of ketones is 1. The molecule has 0 spiro atoms. The fourth-order valence-corrected chi connectivity index (χ4v) is 2.32. The van der Waals surface area contributed by atoms with Crippen molar-refractivity contribution in [1.82, 2.24) is 4.98 Å². The van der Waals surface area contributed by atoms with Crippen molar-refractivity contribution < 1.29 is 14.2 Å². The van der Waals surface area contributed by atoms with Crippen LogP contribution in [0.5, 0.6) is 0 Å². The first-order chi connectivity index (χ1) is 8.03. The number of hydrogen-bond acceptors (Lipinski definition) is 5. The van der Waals surface area contributed by atoms with Gasteiger partial charge in [0.05, 0.1) is 6.21 Å². The number of nitrogens with two attached hydrogens (primary N) is 1. The summed E-state index contributed by atoms with van der Waals surface area (Å²) in [5.74, 6) is -0.0985. The summed E-state index contributed by atoms with van der Waals surface area (Å²) in [4.78, 5) is 26.7. The monoisotopic (exact) mass is 251 g/mol. The number of rotatable bonds is 3. The molecular formula is C10H11N4O2S+. The highest BCUT2D eigenvalue weighted by Gasteiger charge is 2.36. The Hall–Kier alpha value is -1.86. The van der Waals surface area contributed by atoms with Crippen LogP contribution in [-0.2, 0) is 6.54 Å². The predicted molar refractivity (Wildman–Crippen MR) is 63.3 cm³/mol. The molecule has 2 heterocycles. The standard InChI is InChI=1S/C10H10N4O2S/c1-7(15)8-6-17-9(13-8)5-14(10(11)16)4-2-3-12-14/h2-4,6H,5H2,1H3,(H-,11,16)/p+1. The molecule has 17 heavy (non-hydrogen) atoms. The Bertz CT molecular complexity index is 520. The van der Waals surface area contributed by atoms with Gasteiger partial charge in [0, 0.05) is 18.4 Å². The highest BCUT2D eigenvalue weighted by Crippen LogP contribution is 2.22. The average molecular weight is 251 g/mol. The molecule has 0 fully saturated rings. The molecule has 1 aromatic heterocycles. The molecule has 2 rings (SSSR count). The van der Waals surface area contributed by atoms with Crippen LogP contribution < -0.4 is 5.73 Å². The number of carbonyl (C=O) groups excluding carboxylic acids is 2. The van der Waals surface area contributed by atoms with Crippen LogP contribution in [0.2, 0.25) is 0 Å². The van der Waals surface area contributed by atoms with E-state index in [2.05, 4.69) is 10.1 Å². The van der Waals surface area contributed by atoms with Gasteiger partial charge in [-0.3, -0.25) is 4.79 Å². The van der Waals surface area contributed by atoms with Gasteiger partial charge in [-0.05, 0) is 0 Å². The van der Waals surface area contributed by atoms with E-state index in [1.807, 2.05) is 0 Å². The van der Waals surface area contributed by atoms with E-state index in [4.69, 9.17) is 5.73 Å². The maximum absolute atomic E-state index is 11.4. The Balaban J connectivity index is 2.24. The van der Waals surface area contributed by atoms with Gasteiger partial charge in [-0.15, -0.1) is 11.3 Å². The molecule has 0 aliphatic carbocycles. The van der Waals surface area contributed by atoms with Gasteiger partial charge in [-0.25, -0.2) is 9.78 Å². The second kappa shape index (κ2) is 4.19. The Morgan fingerprint density at radius 2 is 2.29 bits per heavy atom. The van der Waals surface area contributed by atoms with Crippen LogP contribution in [-0.4, -0.2) is 27.6 Å². The summed E-state index contributed by atoms with van der Waals surface area (Å²) in [6.45, 7) is 1.69. The van der Waals surface area contributed by atoms with Crippen molar-refractivity contribution in [3.05, 3.63) is 28.4 Å². The van der Waals surface area contributed by atoms with Gasteiger partial charge in [0.25, 0.3) is 0 Å². The predicted octanol–water partition coefficient (Wildman–Crippen LogP) is 1.25. The second-order valence-corrected chi connectivity index (χ2v) is 4.55. The van der Waals surface area contributed by atoms with E-state index < -0.39 is 6.03 Å². The van der Waals surface area contributed by atoms with Gasteiger partial charge in [-0.1, -0.05) is 9.69 Å². The van der Waals surface area contributed by atoms with E-state index in [-0.39, 0.29) is 16.9 Å². The van der Waals surface area contributed by atoms with Gasteiger partial charge >= 0.3 is 6.03 Å². The quantitative estimate of drug-likeness (QED) is 0.648. The molecule has 2 N–H and O–H groups in total. The highest BCUT2D eigenvalue weighted by molar-refractivity contribution is 7.09. The lowest BCUT2D eigenvalue weighted by atomic mass is 10.3. The second-order valence-electron chi connectivity index (χ2n) is 3.61. The van der Waals surface area contributed by atoms with Crippen molar-refractivity contribution in [2.24, 2.45) is 10.8 Å². The molecule has 0 saturated carbocycles. The number of thiazole rings is 1. The molecule has 1 unspecified atom stereocenters. The summed E-state index contributed by atoms with van der Waals surface area (Å²) in [6, 6.07) is -0.574. The first-order valence-corrected chi connectivity index (χ1v) is 5.78. The number of aromatic nitrogens is 1. The highest BCUT2D eigenvalue weighted by atomic mass is 32.1. The Morgan fingerprint density at radius 1 is 1.53 bits per heavy atom. The minimum atomic E-state index is -0.574. The minimum Gasteiger partial charge on any atom is -0.316 e. The lowest BCUT2D eigenvalue weighted by Gasteiger charge is -2.18. The number of hydrogen-bond donors (Lipinski definition) is 1. The lowest BCUT2D eigenvalue weighted by Crippen LogP contribution is -2.45. The molecule has 0 aromatic carbocycles. The van der Waals surface area contributed by atoms with Crippen molar-refractivity contribution in [2.75, 3.05) is 0 Å². The number of primary amides is 1. The molecule has 88 valence electrons. The summed E-state index contributed by atoms with van der Waals surface area (Å²) in [7, 11) is 0. The number of quaternary nitrogens is 1. The van der Waals surface area contributed by atoms with Crippen molar-refractivity contribution >= 4 is 29.4 Å². The van der Waals surface area contributed by atoms with Crippen molar-refractivity contribution in [1.29, 1.82) is 0 Å². The van der Waals surface area contributed by atoms with Gasteiger partial charge < -0.3 is 5.73 Å². The molecule has 2 amide bonds. The van der Waals surface area contributed by atoms with Crippen molar-refractivity contribution in [3.63, 3.8) is 0 Å². The van der Waals surface area contributed by atoms with Crippen molar-refractivity contribution in [3.8, 4) is 0 Å². The smallest absolute Gasteiger partial charge is 0.316 e. The number of Topliss-reactive ketones (excluding diaryl/α,β-unsaturated/α-hetero) is 1. The zero-order valence-electron chi connectivity index (χ0n) is 9.16. The normalized spacial score (nSPS) is 21.9. The number of allylic oxidation sites excluding steroid dienone is 1. The zero-order chi connectivity index (χ0) is 12.5. The summed E-state index contributed by atoms with van der Waals surface area (Å²) in [5.41, 5.74) is 5.73. The molecule has 1 atom stereocenters. The van der Waals surface area contributed by atoms with Crippen LogP contribution in [0.1, 0.15) is 22.4 Å².